The fourth-order valence-corrected chi connectivity index (χ4v) is 1.23. The molecule has 0 saturated heterocycles. The van der Waals surface area contributed by atoms with Crippen molar-refractivity contribution in [2.45, 2.75) is 0 Å². The Bertz CT molecular complexity index is 349. The van der Waals surface area contributed by atoms with Crippen molar-refractivity contribution in [3.63, 3.8) is 0 Å². The van der Waals surface area contributed by atoms with Crippen molar-refractivity contribution in [3.05, 3.63) is 22.3 Å². The molecule has 4 heteroatoms. The Hall–Kier alpha value is -1.03. The average Bonchev–Trinajstić information content (AvgIpc) is 2.45. The number of aliphatic imine (C=N–C) groups is 2. The molecular formula is C7H3BrN2O. The molecule has 0 saturated carbocycles. The molecule has 0 aliphatic carbocycles. The molecule has 0 bridgehead atoms. The summed E-state index contributed by atoms with van der Waals surface area (Å²) >= 11 is 3.10. The lowest BCUT2D eigenvalue weighted by Crippen LogP contribution is -2.11. The van der Waals surface area contributed by atoms with E-state index in [1.807, 2.05) is 0 Å². The number of carbonyl (C=O) groups excluding carboxylic acids is 1. The van der Waals surface area contributed by atoms with Crippen LogP contribution in [0.25, 0.3) is 0 Å². The highest BCUT2D eigenvalue weighted by molar-refractivity contribution is 9.12. The van der Waals surface area contributed by atoms with Crippen LogP contribution < -0.4 is 0 Å². The van der Waals surface area contributed by atoms with Crippen molar-refractivity contribution < 1.29 is 4.79 Å². The maximum absolute atomic E-state index is 11.3. The van der Waals surface area contributed by atoms with E-state index in [-0.39, 0.29) is 5.78 Å². The van der Waals surface area contributed by atoms with Crippen LogP contribution in [0.2, 0.25) is 0 Å². The lowest BCUT2D eigenvalue weighted by Gasteiger charge is -2.04. The average molecular weight is 211 g/mol. The van der Waals surface area contributed by atoms with Gasteiger partial charge in [-0.05, 0) is 22.0 Å². The van der Waals surface area contributed by atoms with Crippen molar-refractivity contribution >= 4 is 33.8 Å². The van der Waals surface area contributed by atoms with Crippen molar-refractivity contribution in [3.8, 4) is 0 Å². The maximum Gasteiger partial charge on any atom is 0.205 e. The largest absolute Gasteiger partial charge is 0.288 e. The number of hydrogen-bond donors (Lipinski definition) is 0. The van der Waals surface area contributed by atoms with E-state index in [2.05, 4.69) is 25.9 Å². The number of hydrogen-bond acceptors (Lipinski definition) is 3. The second kappa shape index (κ2) is 2.23. The lowest BCUT2D eigenvalue weighted by molar-refractivity contribution is -0.111. The number of nitrogens with zero attached hydrogens (tertiary/aromatic N) is 2. The second-order valence-electron chi connectivity index (χ2n) is 2.12. The number of halogens is 1. The fourth-order valence-electron chi connectivity index (χ4n) is 0.912. The summed E-state index contributed by atoms with van der Waals surface area (Å²) < 4.78 is 0.484. The molecule has 11 heavy (non-hydrogen) atoms. The third kappa shape index (κ3) is 0.903. The molecule has 0 fully saturated rings. The van der Waals surface area contributed by atoms with E-state index in [1.165, 1.54) is 6.20 Å². The van der Waals surface area contributed by atoms with E-state index in [4.69, 9.17) is 0 Å². The van der Waals surface area contributed by atoms with Gasteiger partial charge in [-0.2, -0.15) is 0 Å². The fraction of sp³-hybridized carbons (Fsp3) is 0. The molecule has 2 heterocycles. The van der Waals surface area contributed by atoms with E-state index < -0.39 is 0 Å². The van der Waals surface area contributed by atoms with Gasteiger partial charge in [-0.3, -0.25) is 4.79 Å². The first-order chi connectivity index (χ1) is 5.29. The van der Waals surface area contributed by atoms with Gasteiger partial charge in [-0.1, -0.05) is 0 Å². The van der Waals surface area contributed by atoms with Crippen molar-refractivity contribution in [1.29, 1.82) is 0 Å². The van der Waals surface area contributed by atoms with Gasteiger partial charge in [-0.25, -0.2) is 9.98 Å². The van der Waals surface area contributed by atoms with Crippen LogP contribution in [0, 0.1) is 0 Å². The van der Waals surface area contributed by atoms with Gasteiger partial charge >= 0.3 is 0 Å². The molecule has 2 aliphatic heterocycles. The van der Waals surface area contributed by atoms with Crippen LogP contribution in [0.1, 0.15) is 0 Å². The molecule has 2 rings (SSSR count). The summed E-state index contributed by atoms with van der Waals surface area (Å²) in [7, 11) is 0. The molecule has 3 nitrogen and oxygen atoms in total. The zero-order valence-corrected chi connectivity index (χ0v) is 7.00. The van der Waals surface area contributed by atoms with E-state index in [0.29, 0.717) is 15.9 Å². The van der Waals surface area contributed by atoms with E-state index in [9.17, 15) is 4.79 Å². The first-order valence-corrected chi connectivity index (χ1v) is 3.81. The Kier molecular flexibility index (Phi) is 1.35. The summed E-state index contributed by atoms with van der Waals surface area (Å²) in [6.07, 6.45) is 4.71. The van der Waals surface area contributed by atoms with Crippen LogP contribution >= 0.6 is 15.9 Å². The van der Waals surface area contributed by atoms with Gasteiger partial charge in [0.15, 0.2) is 5.84 Å². The van der Waals surface area contributed by atoms with Crippen molar-refractivity contribution in [2.24, 2.45) is 9.98 Å². The Morgan fingerprint density at radius 3 is 3.09 bits per heavy atom. The standard InChI is InChI=1S/C7H3BrN2O/c8-5-3-10-7-4(6(5)11)1-2-9-7/h1-3H. The zero-order valence-electron chi connectivity index (χ0n) is 5.41. The summed E-state index contributed by atoms with van der Waals surface area (Å²) in [5, 5.41) is 0. The molecule has 0 unspecified atom stereocenters. The SMILES string of the molecule is O=C1C(Br)=CN=C2N=CC=C12. The summed E-state index contributed by atoms with van der Waals surface area (Å²) in [6, 6.07) is 0. The van der Waals surface area contributed by atoms with Gasteiger partial charge in [0.05, 0.1) is 10.1 Å². The van der Waals surface area contributed by atoms with Crippen LogP contribution in [0.4, 0.5) is 0 Å². The normalized spacial score (nSPS) is 20.8. The van der Waals surface area contributed by atoms with Gasteiger partial charge in [0.25, 0.3) is 0 Å². The second-order valence-corrected chi connectivity index (χ2v) is 2.97. The first kappa shape index (κ1) is 6.67. The predicted molar refractivity (Wildman–Crippen MR) is 46.0 cm³/mol. The van der Waals surface area contributed by atoms with Gasteiger partial charge in [0.1, 0.15) is 0 Å². The molecular weight excluding hydrogens is 208 g/mol. The first-order valence-electron chi connectivity index (χ1n) is 3.02. The highest BCUT2D eigenvalue weighted by atomic mass is 79.9. The zero-order chi connectivity index (χ0) is 7.84. The minimum Gasteiger partial charge on any atom is -0.288 e. The summed E-state index contributed by atoms with van der Waals surface area (Å²) in [6.45, 7) is 0. The predicted octanol–water partition coefficient (Wildman–Crippen LogP) is 1.21. The highest BCUT2D eigenvalue weighted by Gasteiger charge is 2.23. The molecule has 0 spiro atoms. The summed E-state index contributed by atoms with van der Waals surface area (Å²) in [4.78, 5) is 19.1. The summed E-state index contributed by atoms with van der Waals surface area (Å²) in [5.74, 6) is 0.464. The third-order valence-corrected chi connectivity index (χ3v) is 2.01. The number of rotatable bonds is 0. The van der Waals surface area contributed by atoms with E-state index in [0.717, 1.165) is 0 Å². The van der Waals surface area contributed by atoms with Crippen LogP contribution in [-0.4, -0.2) is 17.8 Å². The lowest BCUT2D eigenvalue weighted by atomic mass is 10.1. The molecule has 0 aromatic rings. The van der Waals surface area contributed by atoms with Gasteiger partial charge in [0.2, 0.25) is 5.78 Å². The van der Waals surface area contributed by atoms with Gasteiger partial charge in [-0.15, -0.1) is 0 Å². The Labute approximate surface area is 71.4 Å². The molecule has 54 valence electrons. The maximum atomic E-state index is 11.3. The van der Waals surface area contributed by atoms with Crippen molar-refractivity contribution in [1.82, 2.24) is 0 Å². The van der Waals surface area contributed by atoms with Crippen LogP contribution in [0.5, 0.6) is 0 Å². The Morgan fingerprint density at radius 1 is 1.45 bits per heavy atom. The van der Waals surface area contributed by atoms with Crippen LogP contribution in [0.3, 0.4) is 0 Å². The quantitative estimate of drug-likeness (QED) is 0.593. The number of Topliss-reactive ketones (excluding diaryl/α,β-unsaturated/α-hetero) is 1. The number of carbonyl (C=O) groups is 1. The third-order valence-electron chi connectivity index (χ3n) is 1.44. The number of amidine groups is 1. The molecule has 0 amide bonds. The number of allylic oxidation sites excluding steroid dienone is 2. The molecule has 0 atom stereocenters. The number of fused-ring (bicyclic) bond motifs is 1. The molecule has 0 N–H and O–H groups in total. The molecule has 0 aromatic carbocycles. The van der Waals surface area contributed by atoms with Crippen LogP contribution in [-0.2, 0) is 4.79 Å². The Morgan fingerprint density at radius 2 is 2.27 bits per heavy atom. The van der Waals surface area contributed by atoms with E-state index in [1.54, 1.807) is 12.3 Å². The molecule has 2 aliphatic rings. The van der Waals surface area contributed by atoms with Crippen molar-refractivity contribution in [2.75, 3.05) is 0 Å². The summed E-state index contributed by atoms with van der Waals surface area (Å²) in [5.41, 5.74) is 0.569. The minimum absolute atomic E-state index is 0.0486. The van der Waals surface area contributed by atoms with Gasteiger partial charge in [0, 0.05) is 12.4 Å². The highest BCUT2D eigenvalue weighted by Crippen LogP contribution is 2.21. The van der Waals surface area contributed by atoms with Gasteiger partial charge < -0.3 is 0 Å². The van der Waals surface area contributed by atoms with E-state index >= 15 is 0 Å². The monoisotopic (exact) mass is 210 g/mol. The molecule has 0 aromatic heterocycles. The number of ketones is 1. The topological polar surface area (TPSA) is 41.8 Å². The van der Waals surface area contributed by atoms with Crippen LogP contribution in [0.15, 0.2) is 32.3 Å². The minimum atomic E-state index is -0.0486. The smallest absolute Gasteiger partial charge is 0.205 e. The Balaban J connectivity index is 2.54. The molecule has 0 radical (unpaired) electrons.